The van der Waals surface area contributed by atoms with Crippen LogP contribution in [0.3, 0.4) is 0 Å². The summed E-state index contributed by atoms with van der Waals surface area (Å²) >= 11 is 11.7. The Balaban J connectivity index is 1.87. The van der Waals surface area contributed by atoms with Crippen LogP contribution in [0.25, 0.3) is 0 Å². The third-order valence-electron chi connectivity index (χ3n) is 3.72. The van der Waals surface area contributed by atoms with E-state index in [1.54, 1.807) is 36.4 Å². The van der Waals surface area contributed by atoms with Crippen molar-refractivity contribution in [3.63, 3.8) is 0 Å². The average Bonchev–Trinajstić information content (AvgIpc) is 2.66. The molecule has 7 nitrogen and oxygen atoms in total. The summed E-state index contributed by atoms with van der Waals surface area (Å²) in [6, 6.07) is 10.8. The van der Waals surface area contributed by atoms with Gasteiger partial charge in [-0.2, -0.15) is 0 Å². The van der Waals surface area contributed by atoms with Gasteiger partial charge < -0.3 is 21.3 Å². The third kappa shape index (κ3) is 6.96. The number of benzene rings is 2. The molecule has 0 aliphatic carbocycles. The molecule has 2 rings (SSSR count). The lowest BCUT2D eigenvalue weighted by Gasteiger charge is -2.13. The molecular formula is C20H22Cl2N4O3. The summed E-state index contributed by atoms with van der Waals surface area (Å²) in [5.41, 5.74) is 1.08. The monoisotopic (exact) mass is 436 g/mol. The second-order valence-electron chi connectivity index (χ2n) is 6.44. The molecule has 4 N–H and O–H groups in total. The minimum atomic E-state index is -0.394. The Bertz CT molecular complexity index is 903. The Morgan fingerprint density at radius 2 is 1.55 bits per heavy atom. The van der Waals surface area contributed by atoms with Gasteiger partial charge in [0.05, 0.1) is 21.3 Å². The molecule has 0 aliphatic rings. The average molecular weight is 437 g/mol. The highest BCUT2D eigenvalue weighted by Crippen LogP contribution is 2.22. The topological polar surface area (TPSA) is 99.3 Å². The minimum absolute atomic E-state index is 0.0323. The van der Waals surface area contributed by atoms with Gasteiger partial charge in [-0.25, -0.2) is 4.79 Å². The van der Waals surface area contributed by atoms with E-state index in [-0.39, 0.29) is 30.9 Å². The van der Waals surface area contributed by atoms with E-state index in [0.29, 0.717) is 26.9 Å². The maximum absolute atomic E-state index is 12.4. The second kappa shape index (κ2) is 10.7. The minimum Gasteiger partial charge on any atom is -0.350 e. The summed E-state index contributed by atoms with van der Waals surface area (Å²) in [4.78, 5) is 36.4. The zero-order valence-corrected chi connectivity index (χ0v) is 17.5. The fourth-order valence-corrected chi connectivity index (χ4v) is 2.70. The second-order valence-corrected chi connectivity index (χ2v) is 7.25. The van der Waals surface area contributed by atoms with Crippen molar-refractivity contribution in [3.05, 3.63) is 63.6 Å². The summed E-state index contributed by atoms with van der Waals surface area (Å²) in [5.74, 6) is -0.695. The van der Waals surface area contributed by atoms with Gasteiger partial charge in [-0.05, 0) is 44.2 Å². The van der Waals surface area contributed by atoms with Crippen LogP contribution < -0.4 is 21.3 Å². The first-order valence-corrected chi connectivity index (χ1v) is 9.71. The SMILES string of the molecule is CC(C)NC(=O)Nc1ccccc1C(=O)NCCNC(=O)c1ccc(Cl)c(Cl)c1. The van der Waals surface area contributed by atoms with Crippen LogP contribution in [0, 0.1) is 0 Å². The quantitative estimate of drug-likeness (QED) is 0.498. The van der Waals surface area contributed by atoms with Crippen molar-refractivity contribution in [2.24, 2.45) is 0 Å². The predicted octanol–water partition coefficient (Wildman–Crippen LogP) is 3.68. The number of nitrogens with one attached hydrogen (secondary N) is 4. The van der Waals surface area contributed by atoms with E-state index >= 15 is 0 Å². The number of anilines is 1. The molecule has 0 aromatic heterocycles. The fraction of sp³-hybridized carbons (Fsp3) is 0.250. The van der Waals surface area contributed by atoms with E-state index in [4.69, 9.17) is 23.2 Å². The molecule has 0 spiro atoms. The zero-order valence-electron chi connectivity index (χ0n) is 16.0. The van der Waals surface area contributed by atoms with E-state index in [9.17, 15) is 14.4 Å². The molecule has 154 valence electrons. The van der Waals surface area contributed by atoms with Crippen LogP contribution in [-0.4, -0.2) is 37.0 Å². The van der Waals surface area contributed by atoms with Crippen LogP contribution in [0.4, 0.5) is 10.5 Å². The van der Waals surface area contributed by atoms with Gasteiger partial charge in [0.25, 0.3) is 11.8 Å². The van der Waals surface area contributed by atoms with E-state index in [0.717, 1.165) is 0 Å². The van der Waals surface area contributed by atoms with Crippen LogP contribution in [0.2, 0.25) is 10.0 Å². The van der Waals surface area contributed by atoms with Crippen LogP contribution in [0.5, 0.6) is 0 Å². The molecule has 0 unspecified atom stereocenters. The molecule has 0 heterocycles. The molecule has 2 aromatic rings. The standard InChI is InChI=1S/C20H22Cl2N4O3/c1-12(2)25-20(29)26-17-6-4-3-5-14(17)19(28)24-10-9-23-18(27)13-7-8-15(21)16(22)11-13/h3-8,11-12H,9-10H2,1-2H3,(H,23,27)(H,24,28)(H2,25,26,29). The van der Waals surface area contributed by atoms with Crippen molar-refractivity contribution in [1.29, 1.82) is 0 Å². The summed E-state index contributed by atoms with van der Waals surface area (Å²) in [5, 5.41) is 11.4. The highest BCUT2D eigenvalue weighted by Gasteiger charge is 2.13. The highest BCUT2D eigenvalue weighted by molar-refractivity contribution is 6.42. The summed E-state index contributed by atoms with van der Waals surface area (Å²) in [7, 11) is 0. The van der Waals surface area contributed by atoms with Gasteiger partial charge in [-0.1, -0.05) is 35.3 Å². The van der Waals surface area contributed by atoms with Crippen molar-refractivity contribution in [2.75, 3.05) is 18.4 Å². The third-order valence-corrected chi connectivity index (χ3v) is 4.46. The van der Waals surface area contributed by atoms with Gasteiger partial charge in [-0.15, -0.1) is 0 Å². The first-order valence-electron chi connectivity index (χ1n) is 8.96. The maximum atomic E-state index is 12.4. The number of carbonyl (C=O) groups is 3. The van der Waals surface area contributed by atoms with E-state index in [2.05, 4.69) is 21.3 Å². The van der Waals surface area contributed by atoms with Gasteiger partial charge >= 0.3 is 6.03 Å². The van der Waals surface area contributed by atoms with Gasteiger partial charge in [0, 0.05) is 24.7 Å². The number of para-hydroxylation sites is 1. The lowest BCUT2D eigenvalue weighted by atomic mass is 10.1. The lowest BCUT2D eigenvalue weighted by molar-refractivity contribution is 0.0928. The Labute approximate surface area is 179 Å². The van der Waals surface area contributed by atoms with Crippen molar-refractivity contribution in [2.45, 2.75) is 19.9 Å². The smallest absolute Gasteiger partial charge is 0.319 e. The molecule has 9 heteroatoms. The number of amides is 4. The van der Waals surface area contributed by atoms with Crippen molar-refractivity contribution in [3.8, 4) is 0 Å². The summed E-state index contributed by atoms with van der Waals surface area (Å²) in [6.07, 6.45) is 0. The van der Waals surface area contributed by atoms with Gasteiger partial charge in [0.1, 0.15) is 0 Å². The molecule has 29 heavy (non-hydrogen) atoms. The van der Waals surface area contributed by atoms with Crippen LogP contribution in [-0.2, 0) is 0 Å². The molecule has 0 saturated carbocycles. The first-order chi connectivity index (χ1) is 13.8. The normalized spacial score (nSPS) is 10.4. The Kier molecular flexibility index (Phi) is 8.30. The maximum Gasteiger partial charge on any atom is 0.319 e. The number of urea groups is 1. The Morgan fingerprint density at radius 3 is 2.21 bits per heavy atom. The Hall–Kier alpha value is -2.77. The highest BCUT2D eigenvalue weighted by atomic mass is 35.5. The molecule has 0 aliphatic heterocycles. The van der Waals surface area contributed by atoms with Gasteiger partial charge in [0.15, 0.2) is 0 Å². The molecule has 0 saturated heterocycles. The number of hydrogen-bond acceptors (Lipinski definition) is 3. The van der Waals surface area contributed by atoms with Crippen molar-refractivity contribution < 1.29 is 14.4 Å². The van der Waals surface area contributed by atoms with Crippen molar-refractivity contribution >= 4 is 46.7 Å². The van der Waals surface area contributed by atoms with Crippen molar-refractivity contribution in [1.82, 2.24) is 16.0 Å². The zero-order chi connectivity index (χ0) is 21.4. The van der Waals surface area contributed by atoms with E-state index in [1.165, 1.54) is 6.07 Å². The molecular weight excluding hydrogens is 415 g/mol. The number of carbonyl (C=O) groups excluding carboxylic acids is 3. The molecule has 4 amide bonds. The summed E-state index contributed by atoms with van der Waals surface area (Å²) in [6.45, 7) is 4.10. The number of rotatable bonds is 7. The van der Waals surface area contributed by atoms with Crippen LogP contribution >= 0.6 is 23.2 Å². The molecule has 0 radical (unpaired) electrons. The molecule has 0 fully saturated rings. The molecule has 2 aromatic carbocycles. The molecule has 0 atom stereocenters. The fourth-order valence-electron chi connectivity index (χ4n) is 2.40. The van der Waals surface area contributed by atoms with Gasteiger partial charge in [0.2, 0.25) is 0 Å². The van der Waals surface area contributed by atoms with E-state index in [1.807, 2.05) is 13.8 Å². The number of halogens is 2. The number of hydrogen-bond donors (Lipinski definition) is 4. The summed E-state index contributed by atoms with van der Waals surface area (Å²) < 4.78 is 0. The largest absolute Gasteiger partial charge is 0.350 e. The van der Waals surface area contributed by atoms with Crippen LogP contribution in [0.15, 0.2) is 42.5 Å². The lowest BCUT2D eigenvalue weighted by Crippen LogP contribution is -2.36. The molecule has 0 bridgehead atoms. The van der Waals surface area contributed by atoms with Crippen LogP contribution in [0.1, 0.15) is 34.6 Å². The van der Waals surface area contributed by atoms with E-state index < -0.39 is 6.03 Å². The Morgan fingerprint density at radius 1 is 0.897 bits per heavy atom. The first kappa shape index (κ1) is 22.5. The predicted molar refractivity (Wildman–Crippen MR) is 115 cm³/mol. The van der Waals surface area contributed by atoms with Gasteiger partial charge in [-0.3, -0.25) is 9.59 Å².